The van der Waals surface area contributed by atoms with E-state index in [1.54, 1.807) is 11.3 Å². The quantitative estimate of drug-likeness (QED) is 0.315. The molecule has 4 rings (SSSR count). The van der Waals surface area contributed by atoms with E-state index >= 15 is 0 Å². The van der Waals surface area contributed by atoms with Gasteiger partial charge in [-0.05, 0) is 42.0 Å². The van der Waals surface area contributed by atoms with Crippen LogP contribution < -0.4 is 0 Å². The summed E-state index contributed by atoms with van der Waals surface area (Å²) in [6.45, 7) is 13.2. The zero-order valence-electron chi connectivity index (χ0n) is 19.9. The van der Waals surface area contributed by atoms with Crippen LogP contribution in [-0.4, -0.2) is 4.98 Å². The topological polar surface area (TPSA) is 12.9 Å². The van der Waals surface area contributed by atoms with Crippen LogP contribution in [0.15, 0.2) is 84.9 Å². The normalized spacial score (nSPS) is 10.8. The number of aryl methyl sites for hydroxylation is 1. The molecular weight excluding hydrogens is 394 g/mol. The lowest BCUT2D eigenvalue weighted by atomic mass is 9.78. The number of para-hydroxylation sites is 1. The summed E-state index contributed by atoms with van der Waals surface area (Å²) in [4.78, 5) is 4.33. The first-order chi connectivity index (χ1) is 14.8. The molecule has 0 radical (unpaired) electrons. The summed E-state index contributed by atoms with van der Waals surface area (Å²) in [7, 11) is 0. The van der Waals surface area contributed by atoms with Gasteiger partial charge in [-0.1, -0.05) is 114 Å². The van der Waals surface area contributed by atoms with E-state index in [1.807, 2.05) is 25.1 Å². The number of rotatable bonds is 3. The lowest BCUT2D eigenvalue weighted by molar-refractivity contribution is 0.357. The molecule has 0 saturated carbocycles. The maximum absolute atomic E-state index is 4.33. The summed E-state index contributed by atoms with van der Waals surface area (Å²) in [6, 6.07) is 29.9. The summed E-state index contributed by atoms with van der Waals surface area (Å²) in [5.74, 6) is 0.493. The third-order valence-corrected chi connectivity index (χ3v) is 5.57. The van der Waals surface area contributed by atoms with Crippen molar-refractivity contribution in [2.24, 2.45) is 5.41 Å². The highest BCUT2D eigenvalue weighted by atomic mass is 32.1. The number of benzene rings is 3. The molecule has 3 aromatic carbocycles. The van der Waals surface area contributed by atoms with Crippen LogP contribution in [0.4, 0.5) is 0 Å². The van der Waals surface area contributed by atoms with Crippen molar-refractivity contribution in [3.05, 3.63) is 101 Å². The number of nitrogens with zero attached hydrogens (tertiary/aromatic N) is 1. The van der Waals surface area contributed by atoms with Gasteiger partial charge in [0.25, 0.3) is 0 Å². The molecule has 2 heteroatoms. The molecule has 4 aromatic rings. The minimum absolute atomic E-state index is 0.330. The van der Waals surface area contributed by atoms with E-state index in [1.165, 1.54) is 28.7 Å². The summed E-state index contributed by atoms with van der Waals surface area (Å²) in [5.41, 5.74) is 4.28. The average Bonchev–Trinajstić information content (AvgIpc) is 3.14. The number of hydrogen-bond acceptors (Lipinski definition) is 2. The fraction of sp³-hybridized carbons (Fsp3) is 0.345. The van der Waals surface area contributed by atoms with Gasteiger partial charge in [0.2, 0.25) is 0 Å². The first-order valence-electron chi connectivity index (χ1n) is 11.3. The van der Waals surface area contributed by atoms with Crippen LogP contribution in [0.3, 0.4) is 0 Å². The second kappa shape index (κ2) is 12.4. The molecule has 0 bridgehead atoms. The summed E-state index contributed by atoms with van der Waals surface area (Å²) < 4.78 is 1.28. The number of hydrogen-bond donors (Lipinski definition) is 0. The van der Waals surface area contributed by atoms with Crippen molar-refractivity contribution in [3.8, 4) is 0 Å². The van der Waals surface area contributed by atoms with Crippen molar-refractivity contribution >= 4 is 21.6 Å². The third-order valence-electron chi connectivity index (χ3n) is 4.62. The van der Waals surface area contributed by atoms with Crippen LogP contribution in [0, 0.1) is 12.3 Å². The first-order valence-corrected chi connectivity index (χ1v) is 12.1. The minimum Gasteiger partial charge on any atom is -0.242 e. The third kappa shape index (κ3) is 8.67. The summed E-state index contributed by atoms with van der Waals surface area (Å²) in [6.07, 6.45) is 2.42. The van der Waals surface area contributed by atoms with Crippen LogP contribution in [-0.2, 0) is 0 Å². The van der Waals surface area contributed by atoms with Gasteiger partial charge in [-0.15, -0.1) is 11.3 Å². The standard InChI is InChI=1S/C18H22.C8H7NS.C3H8/c1-18(2,3)14-17(15-10-6-4-7-11-15)16-12-8-5-9-13-16;1-6-9-7-4-2-3-5-8(7)10-6;1-3-2/h4-13,17H,14H2,1-3H3;2-5H,1H3;3H2,1-2H3. The van der Waals surface area contributed by atoms with Crippen molar-refractivity contribution in [1.82, 2.24) is 4.98 Å². The zero-order chi connectivity index (χ0) is 22.7. The van der Waals surface area contributed by atoms with Crippen LogP contribution in [0.2, 0.25) is 0 Å². The van der Waals surface area contributed by atoms with Gasteiger partial charge in [0.15, 0.2) is 0 Å². The van der Waals surface area contributed by atoms with Gasteiger partial charge < -0.3 is 0 Å². The maximum atomic E-state index is 4.33. The molecule has 0 aliphatic rings. The van der Waals surface area contributed by atoms with Gasteiger partial charge in [-0.3, -0.25) is 0 Å². The van der Waals surface area contributed by atoms with Crippen molar-refractivity contribution in [2.75, 3.05) is 0 Å². The molecule has 0 N–H and O–H groups in total. The predicted octanol–water partition coefficient (Wildman–Crippen LogP) is 9.28. The Morgan fingerprint density at radius 2 is 1.19 bits per heavy atom. The molecule has 0 unspecified atom stereocenters. The lowest BCUT2D eigenvalue weighted by Crippen LogP contribution is -2.13. The molecule has 0 aliphatic heterocycles. The van der Waals surface area contributed by atoms with E-state index in [0.717, 1.165) is 10.5 Å². The number of aromatic nitrogens is 1. The van der Waals surface area contributed by atoms with Crippen molar-refractivity contribution in [3.63, 3.8) is 0 Å². The second-order valence-corrected chi connectivity index (χ2v) is 10.3. The molecule has 31 heavy (non-hydrogen) atoms. The van der Waals surface area contributed by atoms with Crippen molar-refractivity contribution in [2.45, 2.75) is 60.3 Å². The second-order valence-electron chi connectivity index (χ2n) is 9.05. The highest BCUT2D eigenvalue weighted by molar-refractivity contribution is 7.18. The Hall–Kier alpha value is -2.45. The van der Waals surface area contributed by atoms with Gasteiger partial charge >= 0.3 is 0 Å². The van der Waals surface area contributed by atoms with Crippen LogP contribution >= 0.6 is 11.3 Å². The monoisotopic (exact) mass is 431 g/mol. The molecule has 0 aliphatic carbocycles. The molecule has 164 valence electrons. The van der Waals surface area contributed by atoms with E-state index in [4.69, 9.17) is 0 Å². The van der Waals surface area contributed by atoms with Gasteiger partial charge in [0, 0.05) is 5.92 Å². The van der Waals surface area contributed by atoms with Crippen molar-refractivity contribution < 1.29 is 0 Å². The Morgan fingerprint density at radius 1 is 0.742 bits per heavy atom. The Labute approximate surface area is 193 Å². The fourth-order valence-corrected chi connectivity index (χ4v) is 4.23. The molecule has 1 nitrogen and oxygen atoms in total. The molecule has 0 fully saturated rings. The van der Waals surface area contributed by atoms with Crippen molar-refractivity contribution in [1.29, 1.82) is 0 Å². The molecule has 0 atom stereocenters. The lowest BCUT2D eigenvalue weighted by Gasteiger charge is -2.27. The van der Waals surface area contributed by atoms with E-state index in [2.05, 4.69) is 106 Å². The Bertz CT molecular complexity index is 925. The van der Waals surface area contributed by atoms with Crippen LogP contribution in [0.1, 0.15) is 69.5 Å². The molecule has 0 amide bonds. The van der Waals surface area contributed by atoms with Gasteiger partial charge in [-0.25, -0.2) is 4.98 Å². The average molecular weight is 432 g/mol. The van der Waals surface area contributed by atoms with E-state index in [-0.39, 0.29) is 0 Å². The van der Waals surface area contributed by atoms with Crippen LogP contribution in [0.25, 0.3) is 10.2 Å². The highest BCUT2D eigenvalue weighted by Crippen LogP contribution is 2.35. The minimum atomic E-state index is 0.330. The fourth-order valence-electron chi connectivity index (χ4n) is 3.40. The Balaban J connectivity index is 0.000000219. The smallest absolute Gasteiger partial charge is 0.0907 e. The molecule has 1 aromatic heterocycles. The number of thiazole rings is 1. The maximum Gasteiger partial charge on any atom is 0.0907 e. The SMILES string of the molecule is CC(C)(C)CC(c1ccccc1)c1ccccc1.CCC.Cc1nc2ccccc2s1. The van der Waals surface area contributed by atoms with Gasteiger partial charge in [-0.2, -0.15) is 0 Å². The first kappa shape index (κ1) is 24.8. The molecular formula is C29H37NS. The highest BCUT2D eigenvalue weighted by Gasteiger charge is 2.21. The van der Waals surface area contributed by atoms with E-state index < -0.39 is 0 Å². The van der Waals surface area contributed by atoms with Gasteiger partial charge in [0.05, 0.1) is 15.2 Å². The zero-order valence-corrected chi connectivity index (χ0v) is 20.7. The Morgan fingerprint density at radius 3 is 1.65 bits per heavy atom. The molecule has 1 heterocycles. The summed E-state index contributed by atoms with van der Waals surface area (Å²) in [5, 5.41) is 1.14. The van der Waals surface area contributed by atoms with Gasteiger partial charge in [0.1, 0.15) is 0 Å². The molecule has 0 spiro atoms. The van der Waals surface area contributed by atoms with E-state index in [0.29, 0.717) is 11.3 Å². The van der Waals surface area contributed by atoms with Crippen LogP contribution in [0.5, 0.6) is 0 Å². The summed E-state index contributed by atoms with van der Waals surface area (Å²) >= 11 is 1.74. The largest absolute Gasteiger partial charge is 0.242 e. The number of fused-ring (bicyclic) bond motifs is 1. The molecule has 0 saturated heterocycles. The predicted molar refractivity (Wildman–Crippen MR) is 139 cm³/mol. The Kier molecular flexibility index (Phi) is 9.94. The van der Waals surface area contributed by atoms with E-state index in [9.17, 15) is 0 Å².